The van der Waals surface area contributed by atoms with Crippen molar-refractivity contribution in [3.05, 3.63) is 12.2 Å². The van der Waals surface area contributed by atoms with Crippen LogP contribution in [0.15, 0.2) is 12.2 Å². The van der Waals surface area contributed by atoms with Crippen molar-refractivity contribution in [1.29, 1.82) is 0 Å². The SMILES string of the molecule is O=C(NC1CCCC1C(=O)O)C1CC=CC1. The van der Waals surface area contributed by atoms with E-state index in [2.05, 4.69) is 5.32 Å². The van der Waals surface area contributed by atoms with Gasteiger partial charge in [-0.05, 0) is 25.7 Å². The van der Waals surface area contributed by atoms with E-state index in [0.29, 0.717) is 6.42 Å². The molecule has 2 N–H and O–H groups in total. The van der Waals surface area contributed by atoms with Crippen LogP contribution in [-0.2, 0) is 9.59 Å². The molecule has 2 rings (SSSR count). The molecule has 0 bridgehead atoms. The fourth-order valence-corrected chi connectivity index (χ4v) is 2.56. The first-order chi connectivity index (χ1) is 7.68. The zero-order chi connectivity index (χ0) is 11.5. The molecule has 2 aliphatic carbocycles. The largest absolute Gasteiger partial charge is 0.481 e. The molecular weight excluding hydrogens is 206 g/mol. The van der Waals surface area contributed by atoms with E-state index in [-0.39, 0.29) is 17.9 Å². The molecule has 0 aromatic carbocycles. The van der Waals surface area contributed by atoms with Gasteiger partial charge >= 0.3 is 5.97 Å². The highest BCUT2D eigenvalue weighted by molar-refractivity contribution is 5.81. The highest BCUT2D eigenvalue weighted by atomic mass is 16.4. The minimum absolute atomic E-state index is 0.0168. The maximum atomic E-state index is 11.8. The Labute approximate surface area is 94.7 Å². The molecule has 1 saturated carbocycles. The molecule has 0 aromatic rings. The average molecular weight is 223 g/mol. The monoisotopic (exact) mass is 223 g/mol. The van der Waals surface area contributed by atoms with Gasteiger partial charge in [-0.1, -0.05) is 18.6 Å². The number of allylic oxidation sites excluding steroid dienone is 2. The van der Waals surface area contributed by atoms with Gasteiger partial charge in [-0.3, -0.25) is 9.59 Å². The number of hydrogen-bond donors (Lipinski definition) is 2. The van der Waals surface area contributed by atoms with Gasteiger partial charge in [0.2, 0.25) is 5.91 Å². The van der Waals surface area contributed by atoms with Crippen molar-refractivity contribution in [2.45, 2.75) is 38.1 Å². The number of amides is 1. The number of rotatable bonds is 3. The number of aliphatic carboxylic acids is 1. The maximum Gasteiger partial charge on any atom is 0.308 e. The van der Waals surface area contributed by atoms with Crippen molar-refractivity contribution in [3.8, 4) is 0 Å². The van der Waals surface area contributed by atoms with Gasteiger partial charge in [0.15, 0.2) is 0 Å². The predicted octanol–water partition coefficient (Wildman–Crippen LogP) is 1.32. The second-order valence-electron chi connectivity index (χ2n) is 4.63. The predicted molar refractivity (Wildman–Crippen MR) is 58.8 cm³/mol. The van der Waals surface area contributed by atoms with E-state index in [1.165, 1.54) is 0 Å². The fourth-order valence-electron chi connectivity index (χ4n) is 2.56. The summed E-state index contributed by atoms with van der Waals surface area (Å²) in [5.41, 5.74) is 0. The van der Waals surface area contributed by atoms with Gasteiger partial charge in [0.1, 0.15) is 0 Å². The van der Waals surface area contributed by atoms with Crippen molar-refractivity contribution in [1.82, 2.24) is 5.32 Å². The first-order valence-electron chi connectivity index (χ1n) is 5.86. The summed E-state index contributed by atoms with van der Waals surface area (Å²) < 4.78 is 0. The lowest BCUT2D eigenvalue weighted by Gasteiger charge is -2.19. The molecule has 1 fully saturated rings. The molecule has 2 atom stereocenters. The van der Waals surface area contributed by atoms with Crippen LogP contribution in [-0.4, -0.2) is 23.0 Å². The number of hydrogen-bond acceptors (Lipinski definition) is 2. The van der Waals surface area contributed by atoms with E-state index in [9.17, 15) is 9.59 Å². The van der Waals surface area contributed by atoms with Gasteiger partial charge in [-0.15, -0.1) is 0 Å². The molecule has 1 amide bonds. The van der Waals surface area contributed by atoms with Crippen LogP contribution in [0, 0.1) is 11.8 Å². The Morgan fingerprint density at radius 3 is 2.50 bits per heavy atom. The molecule has 4 nitrogen and oxygen atoms in total. The average Bonchev–Trinajstić information content (AvgIpc) is 2.86. The third kappa shape index (κ3) is 2.26. The third-order valence-electron chi connectivity index (χ3n) is 3.54. The summed E-state index contributed by atoms with van der Waals surface area (Å²) in [6.45, 7) is 0. The fraction of sp³-hybridized carbons (Fsp3) is 0.667. The van der Waals surface area contributed by atoms with Crippen molar-refractivity contribution in [2.75, 3.05) is 0 Å². The number of carboxylic acids is 1. The van der Waals surface area contributed by atoms with E-state index in [4.69, 9.17) is 5.11 Å². The first-order valence-corrected chi connectivity index (χ1v) is 5.86. The molecule has 2 unspecified atom stereocenters. The summed E-state index contributed by atoms with van der Waals surface area (Å²) in [6.07, 6.45) is 7.96. The van der Waals surface area contributed by atoms with Crippen LogP contribution in [0.3, 0.4) is 0 Å². The van der Waals surface area contributed by atoms with Crippen molar-refractivity contribution in [3.63, 3.8) is 0 Å². The normalized spacial score (nSPS) is 29.5. The lowest BCUT2D eigenvalue weighted by Crippen LogP contribution is -2.42. The zero-order valence-corrected chi connectivity index (χ0v) is 9.19. The van der Waals surface area contributed by atoms with E-state index < -0.39 is 11.9 Å². The lowest BCUT2D eigenvalue weighted by atomic mass is 10.0. The number of carbonyl (C=O) groups is 2. The highest BCUT2D eigenvalue weighted by Crippen LogP contribution is 2.27. The van der Waals surface area contributed by atoms with Crippen LogP contribution in [0.4, 0.5) is 0 Å². The Balaban J connectivity index is 1.88. The summed E-state index contributed by atoms with van der Waals surface area (Å²) in [4.78, 5) is 22.8. The summed E-state index contributed by atoms with van der Waals surface area (Å²) in [5, 5.41) is 11.9. The van der Waals surface area contributed by atoms with Gasteiger partial charge in [0.05, 0.1) is 5.92 Å². The third-order valence-corrected chi connectivity index (χ3v) is 3.54. The van der Waals surface area contributed by atoms with Crippen molar-refractivity contribution in [2.24, 2.45) is 11.8 Å². The molecule has 4 heteroatoms. The maximum absolute atomic E-state index is 11.8. The lowest BCUT2D eigenvalue weighted by molar-refractivity contribution is -0.142. The van der Waals surface area contributed by atoms with Crippen molar-refractivity contribution < 1.29 is 14.7 Å². The Hall–Kier alpha value is -1.32. The van der Waals surface area contributed by atoms with Crippen LogP contribution >= 0.6 is 0 Å². The van der Waals surface area contributed by atoms with Gasteiger partial charge < -0.3 is 10.4 Å². The molecule has 0 saturated heterocycles. The van der Waals surface area contributed by atoms with Gasteiger partial charge in [-0.2, -0.15) is 0 Å². The molecule has 0 aliphatic heterocycles. The second-order valence-corrected chi connectivity index (χ2v) is 4.63. The molecule has 0 aromatic heterocycles. The van der Waals surface area contributed by atoms with Crippen LogP contribution in [0.2, 0.25) is 0 Å². The van der Waals surface area contributed by atoms with Gasteiger partial charge in [0, 0.05) is 12.0 Å². The molecule has 2 aliphatic rings. The zero-order valence-electron chi connectivity index (χ0n) is 9.19. The molecule has 0 heterocycles. The standard InChI is InChI=1S/C12H17NO3/c14-11(8-4-1-2-5-8)13-10-7-3-6-9(10)12(15)16/h1-2,8-10H,3-7H2,(H,13,14)(H,15,16). The quantitative estimate of drug-likeness (QED) is 0.709. The van der Waals surface area contributed by atoms with E-state index in [1.54, 1.807) is 0 Å². The van der Waals surface area contributed by atoms with Crippen LogP contribution < -0.4 is 5.32 Å². The number of carboxylic acid groups (broad SMARTS) is 1. The Morgan fingerprint density at radius 2 is 1.88 bits per heavy atom. The highest BCUT2D eigenvalue weighted by Gasteiger charge is 2.35. The molecule has 88 valence electrons. The minimum Gasteiger partial charge on any atom is -0.481 e. The number of carbonyl (C=O) groups excluding carboxylic acids is 1. The van der Waals surface area contributed by atoms with Crippen LogP contribution in [0.25, 0.3) is 0 Å². The molecule has 16 heavy (non-hydrogen) atoms. The minimum atomic E-state index is -0.785. The smallest absolute Gasteiger partial charge is 0.308 e. The van der Waals surface area contributed by atoms with Crippen molar-refractivity contribution >= 4 is 11.9 Å². The van der Waals surface area contributed by atoms with Crippen LogP contribution in [0.1, 0.15) is 32.1 Å². The summed E-state index contributed by atoms with van der Waals surface area (Å²) in [5.74, 6) is -1.14. The molecule has 0 spiro atoms. The Kier molecular flexibility index (Phi) is 3.27. The molecule has 0 radical (unpaired) electrons. The number of nitrogens with one attached hydrogen (secondary N) is 1. The first kappa shape index (κ1) is 11.2. The van der Waals surface area contributed by atoms with E-state index in [1.807, 2.05) is 12.2 Å². The topological polar surface area (TPSA) is 66.4 Å². The molecular formula is C12H17NO3. The Bertz CT molecular complexity index is 316. The van der Waals surface area contributed by atoms with E-state index >= 15 is 0 Å². The van der Waals surface area contributed by atoms with E-state index in [0.717, 1.165) is 25.7 Å². The van der Waals surface area contributed by atoms with Gasteiger partial charge in [-0.25, -0.2) is 0 Å². The Morgan fingerprint density at radius 1 is 1.19 bits per heavy atom. The van der Waals surface area contributed by atoms with Crippen LogP contribution in [0.5, 0.6) is 0 Å². The summed E-state index contributed by atoms with van der Waals surface area (Å²) >= 11 is 0. The summed E-state index contributed by atoms with van der Waals surface area (Å²) in [7, 11) is 0. The summed E-state index contributed by atoms with van der Waals surface area (Å²) in [6, 6.07) is -0.161. The van der Waals surface area contributed by atoms with Gasteiger partial charge in [0.25, 0.3) is 0 Å². The second kappa shape index (κ2) is 4.68.